The van der Waals surface area contributed by atoms with Gasteiger partial charge in [0.05, 0.1) is 10.7 Å². The molecule has 0 radical (unpaired) electrons. The molecular formula is C20H19FN2S. The molecule has 0 aromatic carbocycles. The first kappa shape index (κ1) is 17.9. The van der Waals surface area contributed by atoms with Crippen molar-refractivity contribution in [3.05, 3.63) is 96.0 Å². The Hall–Kier alpha value is -2.46. The quantitative estimate of drug-likeness (QED) is 0.480. The molecule has 24 heavy (non-hydrogen) atoms. The van der Waals surface area contributed by atoms with Gasteiger partial charge in [-0.15, -0.1) is 0 Å². The predicted molar refractivity (Wildman–Crippen MR) is 103 cm³/mol. The van der Waals surface area contributed by atoms with Crippen LogP contribution in [0.3, 0.4) is 0 Å². The predicted octanol–water partition coefficient (Wildman–Crippen LogP) is 5.86. The highest BCUT2D eigenvalue weighted by atomic mass is 32.2. The number of aromatic nitrogens is 1. The van der Waals surface area contributed by atoms with Crippen LogP contribution in [0.15, 0.2) is 89.5 Å². The Morgan fingerprint density at radius 2 is 2.17 bits per heavy atom. The fraction of sp³-hybridized carbons (Fsp3) is 0.100. The van der Waals surface area contributed by atoms with Crippen LogP contribution in [0.5, 0.6) is 0 Å². The van der Waals surface area contributed by atoms with E-state index in [9.17, 15) is 4.39 Å². The van der Waals surface area contributed by atoms with Gasteiger partial charge >= 0.3 is 0 Å². The van der Waals surface area contributed by atoms with Gasteiger partial charge in [-0.1, -0.05) is 61.4 Å². The molecule has 0 saturated carbocycles. The SMILES string of the molecule is C=C/C=C(\N=C1CC=C(/C(C=C)=C/C=C\C)S1)c1ccc(F)nc1. The Balaban J connectivity index is 2.22. The number of rotatable bonds is 6. The number of hydrogen-bond acceptors (Lipinski definition) is 3. The maximum Gasteiger partial charge on any atom is 0.212 e. The summed E-state index contributed by atoms with van der Waals surface area (Å²) < 4.78 is 13.0. The third-order valence-electron chi connectivity index (χ3n) is 3.21. The second kappa shape index (κ2) is 8.99. The minimum Gasteiger partial charge on any atom is -0.245 e. The Morgan fingerprint density at radius 3 is 2.79 bits per heavy atom. The van der Waals surface area contributed by atoms with Crippen LogP contribution in [-0.4, -0.2) is 10.0 Å². The average Bonchev–Trinajstić information content (AvgIpc) is 3.04. The summed E-state index contributed by atoms with van der Waals surface area (Å²) in [5.74, 6) is -0.506. The summed E-state index contributed by atoms with van der Waals surface area (Å²) in [6.45, 7) is 9.56. The van der Waals surface area contributed by atoms with Crippen LogP contribution in [0.4, 0.5) is 4.39 Å². The molecule has 1 aliphatic rings. The highest BCUT2D eigenvalue weighted by Gasteiger charge is 2.15. The molecular weight excluding hydrogens is 319 g/mol. The number of aliphatic imine (C=N–C) groups is 1. The van der Waals surface area contributed by atoms with Crippen molar-refractivity contribution in [1.29, 1.82) is 0 Å². The van der Waals surface area contributed by atoms with Gasteiger partial charge < -0.3 is 0 Å². The zero-order valence-electron chi connectivity index (χ0n) is 13.6. The number of thioether (sulfide) groups is 1. The molecule has 1 aromatic rings. The third-order valence-corrected chi connectivity index (χ3v) is 4.32. The molecule has 0 atom stereocenters. The molecule has 0 amide bonds. The first-order valence-corrected chi connectivity index (χ1v) is 8.35. The van der Waals surface area contributed by atoms with E-state index in [2.05, 4.69) is 29.2 Å². The van der Waals surface area contributed by atoms with Crippen molar-refractivity contribution in [3.63, 3.8) is 0 Å². The molecule has 2 heterocycles. The molecule has 0 saturated heterocycles. The minimum absolute atomic E-state index is 0.506. The summed E-state index contributed by atoms with van der Waals surface area (Å²) in [4.78, 5) is 9.51. The van der Waals surface area contributed by atoms with Crippen LogP contribution in [-0.2, 0) is 0 Å². The molecule has 0 unspecified atom stereocenters. The van der Waals surface area contributed by atoms with Gasteiger partial charge in [-0.2, -0.15) is 4.39 Å². The second-order valence-electron chi connectivity index (χ2n) is 4.89. The lowest BCUT2D eigenvalue weighted by Gasteiger charge is -2.04. The van der Waals surface area contributed by atoms with Crippen LogP contribution in [0.1, 0.15) is 18.9 Å². The van der Waals surface area contributed by atoms with Crippen LogP contribution in [0, 0.1) is 5.95 Å². The fourth-order valence-electron chi connectivity index (χ4n) is 2.06. The largest absolute Gasteiger partial charge is 0.245 e. The van der Waals surface area contributed by atoms with Crippen molar-refractivity contribution >= 4 is 22.5 Å². The topological polar surface area (TPSA) is 25.2 Å². The Bertz CT molecular complexity index is 765. The van der Waals surface area contributed by atoms with Gasteiger partial charge in [0.15, 0.2) is 0 Å². The van der Waals surface area contributed by atoms with Gasteiger partial charge in [0.25, 0.3) is 0 Å². The summed E-state index contributed by atoms with van der Waals surface area (Å²) >= 11 is 1.61. The van der Waals surface area contributed by atoms with E-state index in [1.54, 1.807) is 30.0 Å². The summed E-state index contributed by atoms with van der Waals surface area (Å²) in [6.07, 6.45) is 15.7. The molecule has 1 aliphatic heterocycles. The number of allylic oxidation sites excluding steroid dienone is 8. The van der Waals surface area contributed by atoms with Crippen molar-refractivity contribution in [2.24, 2.45) is 4.99 Å². The Kier molecular flexibility index (Phi) is 6.70. The van der Waals surface area contributed by atoms with Crippen molar-refractivity contribution in [1.82, 2.24) is 4.98 Å². The van der Waals surface area contributed by atoms with Crippen LogP contribution in [0.25, 0.3) is 5.70 Å². The third kappa shape index (κ3) is 4.77. The lowest BCUT2D eigenvalue weighted by atomic mass is 10.2. The number of nitrogens with zero attached hydrogens (tertiary/aromatic N) is 2. The standard InChI is InChI=1S/C20H19FN2S/c1-4-7-9-15(6-3)18-11-13-20(24-18)23-17(8-5-2)16-10-12-19(21)22-14-16/h4-12,14H,2-3,13H2,1H3/b7-4-,15-9+,17-8-,23-20?. The number of pyridine rings is 1. The van der Waals surface area contributed by atoms with Gasteiger partial charge in [-0.25, -0.2) is 9.98 Å². The van der Waals surface area contributed by atoms with Crippen LogP contribution < -0.4 is 0 Å². The highest BCUT2D eigenvalue weighted by Crippen LogP contribution is 2.35. The lowest BCUT2D eigenvalue weighted by Crippen LogP contribution is -1.90. The Morgan fingerprint density at radius 1 is 1.33 bits per heavy atom. The van der Waals surface area contributed by atoms with Gasteiger partial charge in [0, 0.05) is 23.1 Å². The minimum atomic E-state index is -0.506. The van der Waals surface area contributed by atoms with E-state index in [1.807, 2.05) is 31.2 Å². The molecule has 0 N–H and O–H groups in total. The molecule has 4 heteroatoms. The maximum atomic E-state index is 13.0. The average molecular weight is 338 g/mol. The first-order valence-electron chi connectivity index (χ1n) is 7.54. The van der Waals surface area contributed by atoms with E-state index >= 15 is 0 Å². The summed E-state index contributed by atoms with van der Waals surface area (Å²) in [5.41, 5.74) is 2.54. The molecule has 0 spiro atoms. The van der Waals surface area contributed by atoms with Crippen molar-refractivity contribution in [2.45, 2.75) is 13.3 Å². The van der Waals surface area contributed by atoms with Gasteiger partial charge in [0.2, 0.25) is 5.95 Å². The molecule has 0 aliphatic carbocycles. The van der Waals surface area contributed by atoms with Gasteiger partial charge in [-0.3, -0.25) is 0 Å². The van der Waals surface area contributed by atoms with E-state index in [0.29, 0.717) is 5.70 Å². The van der Waals surface area contributed by atoms with E-state index in [-0.39, 0.29) is 0 Å². The van der Waals surface area contributed by atoms with E-state index in [0.717, 1.165) is 27.5 Å². The molecule has 0 fully saturated rings. The zero-order chi connectivity index (χ0) is 17.4. The fourth-order valence-corrected chi connectivity index (χ4v) is 3.06. The maximum absolute atomic E-state index is 13.0. The smallest absolute Gasteiger partial charge is 0.212 e. The zero-order valence-corrected chi connectivity index (χ0v) is 14.4. The van der Waals surface area contributed by atoms with Crippen molar-refractivity contribution in [3.8, 4) is 0 Å². The molecule has 0 bridgehead atoms. The highest BCUT2D eigenvalue weighted by molar-refractivity contribution is 8.17. The summed E-state index contributed by atoms with van der Waals surface area (Å²) in [7, 11) is 0. The van der Waals surface area contributed by atoms with Crippen molar-refractivity contribution in [2.75, 3.05) is 0 Å². The number of halogens is 1. The van der Waals surface area contributed by atoms with E-state index in [1.165, 1.54) is 12.3 Å². The number of hydrogen-bond donors (Lipinski definition) is 0. The normalized spacial score (nSPS) is 17.4. The molecule has 2 rings (SSSR count). The van der Waals surface area contributed by atoms with E-state index in [4.69, 9.17) is 0 Å². The first-order chi connectivity index (χ1) is 11.7. The van der Waals surface area contributed by atoms with Crippen molar-refractivity contribution < 1.29 is 4.39 Å². The summed E-state index contributed by atoms with van der Waals surface area (Å²) in [5, 5.41) is 0.968. The van der Waals surface area contributed by atoms with Gasteiger partial charge in [-0.05, 0) is 30.7 Å². The molecule has 122 valence electrons. The summed E-state index contributed by atoms with van der Waals surface area (Å²) in [6, 6.07) is 2.99. The van der Waals surface area contributed by atoms with Gasteiger partial charge in [0.1, 0.15) is 0 Å². The van der Waals surface area contributed by atoms with Crippen LogP contribution >= 0.6 is 11.8 Å². The van der Waals surface area contributed by atoms with Crippen LogP contribution in [0.2, 0.25) is 0 Å². The second-order valence-corrected chi connectivity index (χ2v) is 6.00. The Labute approximate surface area is 146 Å². The monoisotopic (exact) mass is 338 g/mol. The lowest BCUT2D eigenvalue weighted by molar-refractivity contribution is 0.583. The molecule has 1 aromatic heterocycles. The molecule has 2 nitrogen and oxygen atoms in total. The van der Waals surface area contributed by atoms with E-state index < -0.39 is 5.95 Å².